The van der Waals surface area contributed by atoms with Crippen LogP contribution < -0.4 is 0 Å². The fourth-order valence-electron chi connectivity index (χ4n) is 2.22. The molecule has 1 heterocycles. The van der Waals surface area contributed by atoms with Gasteiger partial charge < -0.3 is 14.2 Å². The summed E-state index contributed by atoms with van der Waals surface area (Å²) in [7, 11) is 1.41. The van der Waals surface area contributed by atoms with Gasteiger partial charge in [-0.3, -0.25) is 4.79 Å². The lowest BCUT2D eigenvalue weighted by Crippen LogP contribution is -2.51. The molecule has 0 saturated carbocycles. The summed E-state index contributed by atoms with van der Waals surface area (Å²) in [6.45, 7) is 12.0. The third-order valence-electron chi connectivity index (χ3n) is 3.40. The lowest BCUT2D eigenvalue weighted by Gasteiger charge is -2.46. The van der Waals surface area contributed by atoms with Crippen LogP contribution in [0.15, 0.2) is 0 Å². The van der Waals surface area contributed by atoms with E-state index in [9.17, 15) is 4.79 Å². The lowest BCUT2D eigenvalue weighted by atomic mass is 9.82. The van der Waals surface area contributed by atoms with Gasteiger partial charge in [-0.25, -0.2) is 0 Å². The molecule has 106 valence electrons. The molecule has 0 amide bonds. The first-order chi connectivity index (χ1) is 8.07. The van der Waals surface area contributed by atoms with Gasteiger partial charge in [0.05, 0.1) is 25.2 Å². The highest BCUT2D eigenvalue weighted by atomic mass is 16.7. The first-order valence-corrected chi connectivity index (χ1v) is 6.50. The van der Waals surface area contributed by atoms with Crippen molar-refractivity contribution in [2.75, 3.05) is 7.11 Å². The molecule has 1 aliphatic rings. The Morgan fingerprint density at radius 2 is 1.89 bits per heavy atom. The molecule has 0 N–H and O–H groups in total. The smallest absolute Gasteiger partial charge is 0.311 e. The van der Waals surface area contributed by atoms with E-state index in [1.54, 1.807) is 0 Å². The largest absolute Gasteiger partial charge is 0.469 e. The second kappa shape index (κ2) is 5.17. The zero-order valence-electron chi connectivity index (χ0n) is 12.6. The second-order valence-electron chi connectivity index (χ2n) is 6.58. The molecule has 0 bridgehead atoms. The number of ether oxygens (including phenoxy) is 3. The van der Waals surface area contributed by atoms with Crippen molar-refractivity contribution in [3.8, 4) is 0 Å². The molecule has 4 heteroatoms. The summed E-state index contributed by atoms with van der Waals surface area (Å²) in [6.07, 6.45) is 0.618. The summed E-state index contributed by atoms with van der Waals surface area (Å²) in [6, 6.07) is 0. The quantitative estimate of drug-likeness (QED) is 0.714. The molecular weight excluding hydrogens is 232 g/mol. The van der Waals surface area contributed by atoms with E-state index in [1.165, 1.54) is 7.11 Å². The van der Waals surface area contributed by atoms with Gasteiger partial charge in [0.1, 0.15) is 0 Å². The molecule has 0 aromatic heterocycles. The van der Waals surface area contributed by atoms with Gasteiger partial charge in [-0.05, 0) is 26.2 Å². The maximum atomic E-state index is 11.6. The van der Waals surface area contributed by atoms with E-state index in [0.717, 1.165) is 0 Å². The van der Waals surface area contributed by atoms with Gasteiger partial charge in [-0.1, -0.05) is 20.8 Å². The monoisotopic (exact) mass is 258 g/mol. The van der Waals surface area contributed by atoms with Crippen LogP contribution in [-0.4, -0.2) is 31.1 Å². The maximum Gasteiger partial charge on any atom is 0.311 e. The predicted octanol–water partition coefficient (Wildman–Crippen LogP) is 2.75. The van der Waals surface area contributed by atoms with E-state index in [4.69, 9.17) is 14.2 Å². The highest BCUT2D eigenvalue weighted by molar-refractivity contribution is 5.72. The number of hydrogen-bond donors (Lipinski definition) is 0. The highest BCUT2D eigenvalue weighted by Gasteiger charge is 2.43. The van der Waals surface area contributed by atoms with E-state index >= 15 is 0 Å². The first-order valence-electron chi connectivity index (χ1n) is 6.50. The molecule has 4 nitrogen and oxygen atoms in total. The van der Waals surface area contributed by atoms with Crippen LogP contribution in [0, 0.1) is 11.3 Å². The SMILES string of the molecule is COC(=O)[C@H](C)[C@@H]1C[C@@H](C(C)(C)C)OC(C)(C)O1. The van der Waals surface area contributed by atoms with Crippen LogP contribution >= 0.6 is 0 Å². The Morgan fingerprint density at radius 3 is 2.33 bits per heavy atom. The topological polar surface area (TPSA) is 44.8 Å². The Hall–Kier alpha value is -0.610. The summed E-state index contributed by atoms with van der Waals surface area (Å²) >= 11 is 0. The zero-order valence-corrected chi connectivity index (χ0v) is 12.6. The van der Waals surface area contributed by atoms with Crippen LogP contribution in [0.4, 0.5) is 0 Å². The van der Waals surface area contributed by atoms with E-state index < -0.39 is 5.79 Å². The Bertz CT molecular complexity index is 303. The Kier molecular flexibility index (Phi) is 4.44. The molecule has 1 aliphatic heterocycles. The minimum absolute atomic E-state index is 0.0230. The van der Waals surface area contributed by atoms with Gasteiger partial charge in [-0.15, -0.1) is 0 Å². The van der Waals surface area contributed by atoms with E-state index in [0.29, 0.717) is 6.42 Å². The van der Waals surface area contributed by atoms with Crippen LogP contribution in [0.5, 0.6) is 0 Å². The van der Waals surface area contributed by atoms with Crippen molar-refractivity contribution in [3.63, 3.8) is 0 Å². The van der Waals surface area contributed by atoms with Gasteiger partial charge >= 0.3 is 5.97 Å². The molecule has 0 aliphatic carbocycles. The van der Waals surface area contributed by atoms with Crippen molar-refractivity contribution >= 4 is 5.97 Å². The Labute approximate surface area is 110 Å². The fourth-order valence-corrected chi connectivity index (χ4v) is 2.22. The van der Waals surface area contributed by atoms with Crippen molar-refractivity contribution in [2.45, 2.75) is 66.0 Å². The third-order valence-corrected chi connectivity index (χ3v) is 3.40. The predicted molar refractivity (Wildman–Crippen MR) is 69.1 cm³/mol. The average molecular weight is 258 g/mol. The molecule has 18 heavy (non-hydrogen) atoms. The number of carbonyl (C=O) groups excluding carboxylic acids is 1. The lowest BCUT2D eigenvalue weighted by molar-refractivity contribution is -0.320. The minimum Gasteiger partial charge on any atom is -0.469 e. The van der Waals surface area contributed by atoms with E-state index in [1.807, 2.05) is 20.8 Å². The number of rotatable bonds is 2. The third kappa shape index (κ3) is 3.69. The maximum absolute atomic E-state index is 11.6. The van der Waals surface area contributed by atoms with Crippen molar-refractivity contribution in [1.82, 2.24) is 0 Å². The van der Waals surface area contributed by atoms with Crippen LogP contribution in [0.25, 0.3) is 0 Å². The summed E-state index contributed by atoms with van der Waals surface area (Å²) in [5.41, 5.74) is 0.0230. The summed E-state index contributed by atoms with van der Waals surface area (Å²) < 4.78 is 16.6. The molecular formula is C14H26O4. The Morgan fingerprint density at radius 1 is 1.33 bits per heavy atom. The molecule has 0 spiro atoms. The average Bonchev–Trinajstić information content (AvgIpc) is 2.23. The van der Waals surface area contributed by atoms with Crippen molar-refractivity contribution < 1.29 is 19.0 Å². The van der Waals surface area contributed by atoms with Gasteiger partial charge in [0.25, 0.3) is 0 Å². The second-order valence-corrected chi connectivity index (χ2v) is 6.58. The Balaban J connectivity index is 2.84. The van der Waals surface area contributed by atoms with Crippen molar-refractivity contribution in [3.05, 3.63) is 0 Å². The normalized spacial score (nSPS) is 29.7. The summed E-state index contributed by atoms with van der Waals surface area (Å²) in [4.78, 5) is 11.6. The summed E-state index contributed by atoms with van der Waals surface area (Å²) in [5, 5.41) is 0. The van der Waals surface area contributed by atoms with Crippen molar-refractivity contribution in [2.24, 2.45) is 11.3 Å². The van der Waals surface area contributed by atoms with Crippen LogP contribution in [0.3, 0.4) is 0 Å². The number of hydrogen-bond acceptors (Lipinski definition) is 4. The first kappa shape index (κ1) is 15.4. The van der Waals surface area contributed by atoms with Gasteiger partial charge in [-0.2, -0.15) is 0 Å². The molecule has 0 aromatic rings. The minimum atomic E-state index is -0.664. The molecule has 0 radical (unpaired) electrons. The number of methoxy groups -OCH3 is 1. The molecule has 0 aromatic carbocycles. The summed E-state index contributed by atoms with van der Waals surface area (Å²) in [5.74, 6) is -1.17. The van der Waals surface area contributed by atoms with Crippen LogP contribution in [-0.2, 0) is 19.0 Å². The molecule has 1 fully saturated rings. The van der Waals surface area contributed by atoms with Gasteiger partial charge in [0.15, 0.2) is 5.79 Å². The van der Waals surface area contributed by atoms with Crippen LogP contribution in [0.1, 0.15) is 48.0 Å². The zero-order chi connectivity index (χ0) is 14.1. The molecule has 0 unspecified atom stereocenters. The fraction of sp³-hybridized carbons (Fsp3) is 0.929. The van der Waals surface area contributed by atoms with E-state index in [2.05, 4.69) is 20.8 Å². The molecule has 3 atom stereocenters. The molecule has 1 rings (SSSR count). The highest BCUT2D eigenvalue weighted by Crippen LogP contribution is 2.38. The van der Waals surface area contributed by atoms with E-state index in [-0.39, 0.29) is 29.5 Å². The van der Waals surface area contributed by atoms with Crippen molar-refractivity contribution in [1.29, 1.82) is 0 Å². The van der Waals surface area contributed by atoms with Crippen LogP contribution in [0.2, 0.25) is 0 Å². The number of carbonyl (C=O) groups is 1. The number of esters is 1. The standard InChI is InChI=1S/C14H26O4/c1-9(12(15)16-7)10-8-11(13(2,3)4)18-14(5,6)17-10/h9-11H,8H2,1-7H3/t9-,10+,11+/m1/s1. The van der Waals surface area contributed by atoms with Gasteiger partial charge in [0.2, 0.25) is 0 Å². The van der Waals surface area contributed by atoms with Gasteiger partial charge in [0, 0.05) is 6.42 Å². The molecule has 1 saturated heterocycles.